The summed E-state index contributed by atoms with van der Waals surface area (Å²) in [6, 6.07) is 0. The third-order valence-corrected chi connectivity index (χ3v) is 9.30. The molecule has 0 aromatic carbocycles. The number of rotatable bonds is 14. The van der Waals surface area contributed by atoms with Crippen molar-refractivity contribution in [2.45, 2.75) is 121 Å². The van der Waals surface area contributed by atoms with Crippen LogP contribution in [-0.4, -0.2) is 23.1 Å². The average Bonchev–Trinajstić information content (AvgIpc) is 2.96. The molecule has 2 aliphatic carbocycles. The van der Waals surface area contributed by atoms with Crippen molar-refractivity contribution in [2.75, 3.05) is 0 Å². The van der Waals surface area contributed by atoms with Crippen molar-refractivity contribution in [3.63, 3.8) is 0 Å². The lowest BCUT2D eigenvalue weighted by atomic mass is 9.69. The van der Waals surface area contributed by atoms with Crippen LogP contribution in [0.4, 0.5) is 0 Å². The zero-order chi connectivity index (χ0) is 36.8. The first-order chi connectivity index (χ1) is 22.9. The molecular formula is C45H62O4. The Morgan fingerprint density at radius 2 is 1.10 bits per heavy atom. The van der Waals surface area contributed by atoms with E-state index in [1.54, 1.807) is 0 Å². The summed E-state index contributed by atoms with van der Waals surface area (Å²) in [5.41, 5.74) is 10.3. The standard InChI is InChI=1S/C45H62O4/c1-32(18-14-20-34(3)22-24-40-37(6)28-36(5)30-44(40,8)9)16-12-13-17-33(2)19-15-21-35(4)23-25-41-38(7)29-39(31-45(41,10)11)49-43(48)27-26-42(46)47/h12-25,36,39H,26-31H2,1-11H3,(H,46,47)/b13-12+,18-14+,19-15+,24-22+,25-23+,32-16+,33-17+,34-20+,35-21+. The van der Waals surface area contributed by atoms with Crippen LogP contribution in [0.3, 0.4) is 0 Å². The molecule has 0 saturated heterocycles. The fourth-order valence-electron chi connectivity index (χ4n) is 7.09. The van der Waals surface area contributed by atoms with Gasteiger partial charge >= 0.3 is 11.9 Å². The van der Waals surface area contributed by atoms with Gasteiger partial charge in [-0.2, -0.15) is 0 Å². The SMILES string of the molecule is CC1=C(/C=C/C(C)=C/C=C/C(C)=C/C=C/C=C(C)/C=C/C=C(C)/C=C/C2=C(C)CC(OC(=O)CCC(=O)O)CC2(C)C)C(C)(C)CC(C)C1. The molecule has 1 N–H and O–H groups in total. The first-order valence-corrected chi connectivity index (χ1v) is 17.8. The zero-order valence-corrected chi connectivity index (χ0v) is 32.2. The summed E-state index contributed by atoms with van der Waals surface area (Å²) in [5, 5.41) is 8.82. The van der Waals surface area contributed by atoms with Gasteiger partial charge in [-0.05, 0) is 88.7 Å². The van der Waals surface area contributed by atoms with Gasteiger partial charge in [-0.25, -0.2) is 0 Å². The number of aliphatic carboxylic acids is 1. The molecule has 0 spiro atoms. The molecule has 4 heteroatoms. The minimum atomic E-state index is -0.989. The third kappa shape index (κ3) is 15.0. The van der Waals surface area contributed by atoms with E-state index in [2.05, 4.69) is 161 Å². The van der Waals surface area contributed by atoms with Crippen LogP contribution in [0.2, 0.25) is 0 Å². The Hall–Kier alpha value is -3.92. The Morgan fingerprint density at radius 3 is 1.55 bits per heavy atom. The highest BCUT2D eigenvalue weighted by Gasteiger charge is 2.34. The van der Waals surface area contributed by atoms with Crippen LogP contribution < -0.4 is 0 Å². The fraction of sp³-hybridized carbons (Fsp3) is 0.467. The van der Waals surface area contributed by atoms with E-state index in [-0.39, 0.29) is 29.8 Å². The van der Waals surface area contributed by atoms with Crippen LogP contribution in [-0.2, 0) is 14.3 Å². The number of carbonyl (C=O) groups excluding carboxylic acids is 1. The van der Waals surface area contributed by atoms with Crippen molar-refractivity contribution >= 4 is 11.9 Å². The summed E-state index contributed by atoms with van der Waals surface area (Å²) < 4.78 is 5.60. The lowest BCUT2D eigenvalue weighted by Gasteiger charge is -2.37. The largest absolute Gasteiger partial charge is 0.481 e. The topological polar surface area (TPSA) is 63.6 Å². The summed E-state index contributed by atoms with van der Waals surface area (Å²) >= 11 is 0. The van der Waals surface area contributed by atoms with Crippen molar-refractivity contribution in [3.8, 4) is 0 Å². The molecule has 266 valence electrons. The molecule has 0 aromatic rings. The van der Waals surface area contributed by atoms with E-state index in [4.69, 9.17) is 9.84 Å². The van der Waals surface area contributed by atoms with Crippen LogP contribution >= 0.6 is 0 Å². The number of esters is 1. The Balaban J connectivity index is 1.91. The zero-order valence-electron chi connectivity index (χ0n) is 32.2. The summed E-state index contributed by atoms with van der Waals surface area (Å²) in [5.74, 6) is -0.671. The van der Waals surface area contributed by atoms with Gasteiger partial charge in [-0.3, -0.25) is 9.59 Å². The van der Waals surface area contributed by atoms with Gasteiger partial charge in [0.25, 0.3) is 0 Å². The number of ether oxygens (including phenoxy) is 1. The number of hydrogen-bond donors (Lipinski definition) is 1. The number of hydrogen-bond acceptors (Lipinski definition) is 3. The highest BCUT2D eigenvalue weighted by Crippen LogP contribution is 2.44. The maximum absolute atomic E-state index is 12.1. The maximum Gasteiger partial charge on any atom is 0.306 e. The van der Waals surface area contributed by atoms with Crippen LogP contribution in [0.25, 0.3) is 0 Å². The predicted molar refractivity (Wildman–Crippen MR) is 208 cm³/mol. The number of carbonyl (C=O) groups is 2. The average molecular weight is 667 g/mol. The summed E-state index contributed by atoms with van der Waals surface area (Å²) in [4.78, 5) is 22.8. The Kier molecular flexibility index (Phi) is 16.3. The van der Waals surface area contributed by atoms with E-state index in [1.807, 2.05) is 0 Å². The molecular weight excluding hydrogens is 604 g/mol. The first-order valence-electron chi connectivity index (χ1n) is 17.8. The second-order valence-electron chi connectivity index (χ2n) is 15.5. The van der Waals surface area contributed by atoms with E-state index in [1.165, 1.54) is 46.3 Å². The fourth-order valence-corrected chi connectivity index (χ4v) is 7.09. The molecule has 4 nitrogen and oxygen atoms in total. The molecule has 2 unspecified atom stereocenters. The lowest BCUT2D eigenvalue weighted by molar-refractivity contribution is -0.153. The van der Waals surface area contributed by atoms with E-state index >= 15 is 0 Å². The summed E-state index contributed by atoms with van der Waals surface area (Å²) in [6.07, 6.45) is 33.2. The quantitative estimate of drug-likeness (QED) is 0.148. The predicted octanol–water partition coefficient (Wildman–Crippen LogP) is 12.2. The summed E-state index contributed by atoms with van der Waals surface area (Å²) in [6.45, 7) is 24.2. The molecule has 49 heavy (non-hydrogen) atoms. The van der Waals surface area contributed by atoms with Gasteiger partial charge in [0.2, 0.25) is 0 Å². The molecule has 0 radical (unpaired) electrons. The monoisotopic (exact) mass is 666 g/mol. The lowest BCUT2D eigenvalue weighted by Crippen LogP contribution is -2.32. The third-order valence-electron chi connectivity index (χ3n) is 9.30. The summed E-state index contributed by atoms with van der Waals surface area (Å²) in [7, 11) is 0. The molecule has 0 fully saturated rings. The van der Waals surface area contributed by atoms with Crippen molar-refractivity contribution in [2.24, 2.45) is 16.7 Å². The molecule has 2 aliphatic rings. The van der Waals surface area contributed by atoms with Crippen molar-refractivity contribution in [3.05, 3.63) is 130 Å². The van der Waals surface area contributed by atoms with Crippen LogP contribution in [0.1, 0.15) is 115 Å². The minimum Gasteiger partial charge on any atom is -0.481 e. The number of carboxylic acids is 1. The second-order valence-corrected chi connectivity index (χ2v) is 15.5. The van der Waals surface area contributed by atoms with Gasteiger partial charge in [-0.1, -0.05) is 153 Å². The molecule has 0 aromatic heterocycles. The van der Waals surface area contributed by atoms with Gasteiger partial charge in [0.05, 0.1) is 12.8 Å². The van der Waals surface area contributed by atoms with Gasteiger partial charge in [0.15, 0.2) is 0 Å². The molecule has 2 rings (SSSR count). The van der Waals surface area contributed by atoms with Crippen molar-refractivity contribution in [1.82, 2.24) is 0 Å². The van der Waals surface area contributed by atoms with Crippen LogP contribution in [0.15, 0.2) is 130 Å². The highest BCUT2D eigenvalue weighted by atomic mass is 16.5. The van der Waals surface area contributed by atoms with E-state index < -0.39 is 11.9 Å². The van der Waals surface area contributed by atoms with Gasteiger partial charge in [0.1, 0.15) is 6.10 Å². The molecule has 2 atom stereocenters. The van der Waals surface area contributed by atoms with E-state index in [9.17, 15) is 9.59 Å². The van der Waals surface area contributed by atoms with Crippen molar-refractivity contribution in [1.29, 1.82) is 0 Å². The molecule has 0 amide bonds. The Bertz CT molecular complexity index is 1540. The second kappa shape index (κ2) is 19.3. The molecule has 0 heterocycles. The number of allylic oxidation sites excluding steroid dienone is 21. The Morgan fingerprint density at radius 1 is 0.673 bits per heavy atom. The highest BCUT2D eigenvalue weighted by molar-refractivity contribution is 5.76. The van der Waals surface area contributed by atoms with Crippen LogP contribution in [0, 0.1) is 16.7 Å². The maximum atomic E-state index is 12.1. The van der Waals surface area contributed by atoms with Crippen molar-refractivity contribution < 1.29 is 19.4 Å². The van der Waals surface area contributed by atoms with Gasteiger partial charge < -0.3 is 9.84 Å². The normalized spacial score (nSPS) is 22.9. The number of carboxylic acid groups (broad SMARTS) is 1. The van der Waals surface area contributed by atoms with Gasteiger partial charge in [-0.15, -0.1) is 0 Å². The first kappa shape index (κ1) is 41.3. The van der Waals surface area contributed by atoms with Crippen LogP contribution in [0.5, 0.6) is 0 Å². The van der Waals surface area contributed by atoms with E-state index in [0.717, 1.165) is 17.1 Å². The van der Waals surface area contributed by atoms with E-state index in [0.29, 0.717) is 12.8 Å². The smallest absolute Gasteiger partial charge is 0.306 e. The molecule has 0 bridgehead atoms. The molecule has 0 saturated carbocycles. The Labute approximate surface area is 297 Å². The molecule has 0 aliphatic heterocycles. The van der Waals surface area contributed by atoms with Gasteiger partial charge in [0, 0.05) is 6.42 Å². The minimum absolute atomic E-state index is 0.0911.